The minimum absolute atomic E-state index is 0.0793. The predicted octanol–water partition coefficient (Wildman–Crippen LogP) is 2.07. The lowest BCUT2D eigenvalue weighted by Gasteiger charge is -2.17. The fourth-order valence-corrected chi connectivity index (χ4v) is 1.32. The molecule has 0 saturated carbocycles. The molecule has 98 valence electrons. The van der Waals surface area contributed by atoms with Gasteiger partial charge in [0.1, 0.15) is 5.82 Å². The molecule has 7 heteroatoms. The summed E-state index contributed by atoms with van der Waals surface area (Å²) in [5.74, 6) is -1.62. The summed E-state index contributed by atoms with van der Waals surface area (Å²) >= 11 is 11.3. The van der Waals surface area contributed by atoms with Gasteiger partial charge in [-0.3, -0.25) is 4.79 Å². The van der Waals surface area contributed by atoms with E-state index in [1.807, 2.05) is 0 Å². The van der Waals surface area contributed by atoms with E-state index in [2.05, 4.69) is 15.0 Å². The van der Waals surface area contributed by atoms with Crippen molar-refractivity contribution in [2.75, 3.05) is 11.9 Å². The van der Waals surface area contributed by atoms with Crippen molar-refractivity contribution in [1.29, 1.82) is 0 Å². The number of aromatic nitrogens is 1. The molecule has 0 unspecified atom stereocenters. The molecule has 0 bridgehead atoms. The van der Waals surface area contributed by atoms with Crippen LogP contribution >= 0.6 is 23.2 Å². The van der Waals surface area contributed by atoms with Crippen LogP contribution in [0.2, 0.25) is 0 Å². The van der Waals surface area contributed by atoms with Crippen molar-refractivity contribution >= 4 is 40.9 Å². The summed E-state index contributed by atoms with van der Waals surface area (Å²) in [6.45, 7) is 3.41. The molecule has 1 aromatic rings. The number of hydrogen-bond donors (Lipinski definition) is 1. The molecule has 1 aromatic heterocycles. The number of nitrogens with zero attached hydrogens (tertiary/aromatic N) is 1. The molecule has 0 fully saturated rings. The number of halogens is 2. The van der Waals surface area contributed by atoms with Gasteiger partial charge in [0.2, 0.25) is 0 Å². The second-order valence-corrected chi connectivity index (χ2v) is 4.75. The lowest BCUT2D eigenvalue weighted by atomic mass is 10.3. The smallest absolute Gasteiger partial charge is 0.352 e. The Bertz CT molecular complexity index is 463. The number of hydrogen-bond acceptors (Lipinski definition) is 4. The first-order chi connectivity index (χ1) is 8.39. The van der Waals surface area contributed by atoms with Gasteiger partial charge in [0, 0.05) is 6.20 Å². The van der Waals surface area contributed by atoms with E-state index in [-0.39, 0.29) is 12.4 Å². The van der Waals surface area contributed by atoms with Gasteiger partial charge in [0.05, 0.1) is 6.61 Å². The van der Waals surface area contributed by atoms with Crippen LogP contribution in [0.4, 0.5) is 5.82 Å². The van der Waals surface area contributed by atoms with Crippen LogP contribution in [0, 0.1) is 6.92 Å². The summed E-state index contributed by atoms with van der Waals surface area (Å²) in [4.78, 5) is 27.1. The van der Waals surface area contributed by atoms with Crippen LogP contribution < -0.4 is 5.32 Å². The maximum absolute atomic E-state index is 11.8. The molecule has 1 rings (SSSR count). The summed E-state index contributed by atoms with van der Waals surface area (Å²) in [6, 6.07) is 3.46. The van der Waals surface area contributed by atoms with E-state index in [1.54, 1.807) is 26.0 Å². The number of amides is 1. The number of anilines is 1. The predicted molar refractivity (Wildman–Crippen MR) is 68.7 cm³/mol. The maximum atomic E-state index is 11.8. The summed E-state index contributed by atoms with van der Waals surface area (Å²) in [6.07, 6.45) is 1.50. The highest BCUT2D eigenvalue weighted by Gasteiger charge is 2.44. The number of pyridine rings is 1. The molecule has 0 saturated heterocycles. The van der Waals surface area contributed by atoms with Crippen molar-refractivity contribution in [2.24, 2.45) is 0 Å². The first-order valence-corrected chi connectivity index (χ1v) is 5.93. The quantitative estimate of drug-likeness (QED) is 0.524. The van der Waals surface area contributed by atoms with Gasteiger partial charge in [0.25, 0.3) is 10.2 Å². The van der Waals surface area contributed by atoms with Crippen molar-refractivity contribution in [1.82, 2.24) is 4.98 Å². The van der Waals surface area contributed by atoms with E-state index < -0.39 is 16.2 Å². The maximum Gasteiger partial charge on any atom is 0.352 e. The van der Waals surface area contributed by atoms with E-state index in [0.29, 0.717) is 0 Å². The van der Waals surface area contributed by atoms with E-state index in [1.165, 1.54) is 6.20 Å². The zero-order chi connectivity index (χ0) is 13.8. The third-order valence-electron chi connectivity index (χ3n) is 2.06. The third-order valence-corrected chi connectivity index (χ3v) is 2.71. The van der Waals surface area contributed by atoms with Gasteiger partial charge in [-0.25, -0.2) is 9.78 Å². The van der Waals surface area contributed by atoms with Gasteiger partial charge in [-0.05, 0) is 25.5 Å². The van der Waals surface area contributed by atoms with Crippen LogP contribution in [-0.4, -0.2) is 27.8 Å². The molecule has 1 amide bonds. The number of esters is 1. The number of carbonyl (C=O) groups is 2. The Hall–Kier alpha value is -1.33. The molecule has 18 heavy (non-hydrogen) atoms. The molecule has 0 aliphatic carbocycles. The Morgan fingerprint density at radius 1 is 1.50 bits per heavy atom. The average molecular weight is 291 g/mol. The number of alkyl halides is 2. The van der Waals surface area contributed by atoms with Crippen molar-refractivity contribution < 1.29 is 14.3 Å². The first-order valence-electron chi connectivity index (χ1n) is 5.17. The molecule has 0 atom stereocenters. The number of carbonyl (C=O) groups excluding carboxylic acids is 2. The Labute approximate surface area is 114 Å². The first kappa shape index (κ1) is 14.7. The average Bonchev–Trinajstić information content (AvgIpc) is 2.32. The third kappa shape index (κ3) is 3.34. The van der Waals surface area contributed by atoms with Crippen molar-refractivity contribution in [2.45, 2.75) is 18.2 Å². The van der Waals surface area contributed by atoms with Crippen LogP contribution in [-0.2, 0) is 14.3 Å². The molecule has 0 aliphatic rings. The summed E-state index contributed by atoms with van der Waals surface area (Å²) < 4.78 is 2.32. The van der Waals surface area contributed by atoms with Gasteiger partial charge >= 0.3 is 5.97 Å². The minimum Gasteiger partial charge on any atom is -0.463 e. The largest absolute Gasteiger partial charge is 0.463 e. The SMILES string of the molecule is CCOC(=O)C(Cl)(Cl)C(=O)Nc1ncccc1C. The molecule has 0 spiro atoms. The highest BCUT2D eigenvalue weighted by atomic mass is 35.5. The summed E-state index contributed by atoms with van der Waals surface area (Å²) in [5, 5.41) is 2.38. The van der Waals surface area contributed by atoms with Gasteiger partial charge in [-0.1, -0.05) is 29.3 Å². The van der Waals surface area contributed by atoms with Crippen molar-refractivity contribution in [3.63, 3.8) is 0 Å². The Balaban J connectivity index is 2.82. The van der Waals surface area contributed by atoms with Gasteiger partial charge in [-0.15, -0.1) is 0 Å². The molecule has 1 N–H and O–H groups in total. The summed E-state index contributed by atoms with van der Waals surface area (Å²) in [5.41, 5.74) is 0.721. The van der Waals surface area contributed by atoms with Crippen LogP contribution in [0.5, 0.6) is 0 Å². The second-order valence-electron chi connectivity index (χ2n) is 3.42. The Morgan fingerprint density at radius 2 is 2.17 bits per heavy atom. The zero-order valence-corrected chi connectivity index (χ0v) is 11.4. The normalized spacial score (nSPS) is 10.9. The van der Waals surface area contributed by atoms with Gasteiger partial charge in [0.15, 0.2) is 0 Å². The lowest BCUT2D eigenvalue weighted by molar-refractivity contribution is -0.146. The molecule has 5 nitrogen and oxygen atoms in total. The minimum atomic E-state index is -2.29. The van der Waals surface area contributed by atoms with E-state index in [4.69, 9.17) is 23.2 Å². The highest BCUT2D eigenvalue weighted by Crippen LogP contribution is 2.25. The van der Waals surface area contributed by atoms with E-state index >= 15 is 0 Å². The van der Waals surface area contributed by atoms with Gasteiger partial charge < -0.3 is 10.1 Å². The number of rotatable bonds is 4. The molecule has 0 aliphatic heterocycles. The standard InChI is InChI=1S/C11H12Cl2N2O3/c1-3-18-10(17)11(12,13)9(16)15-8-7(2)5-4-6-14-8/h4-6H,3H2,1-2H3,(H,14,15,16). The van der Waals surface area contributed by atoms with Crippen LogP contribution in [0.25, 0.3) is 0 Å². The molecule has 0 radical (unpaired) electrons. The number of aryl methyl sites for hydroxylation is 1. The highest BCUT2D eigenvalue weighted by molar-refractivity contribution is 6.67. The molecule has 1 heterocycles. The zero-order valence-electron chi connectivity index (χ0n) is 9.87. The fourth-order valence-electron chi connectivity index (χ4n) is 1.12. The number of nitrogens with one attached hydrogen (secondary N) is 1. The van der Waals surface area contributed by atoms with Crippen molar-refractivity contribution in [3.8, 4) is 0 Å². The van der Waals surface area contributed by atoms with Gasteiger partial charge in [-0.2, -0.15) is 0 Å². The molecule has 0 aromatic carbocycles. The Kier molecular flexibility index (Phi) is 4.93. The number of ether oxygens (including phenoxy) is 1. The molecular weight excluding hydrogens is 279 g/mol. The lowest BCUT2D eigenvalue weighted by Crippen LogP contribution is -2.41. The van der Waals surface area contributed by atoms with Crippen LogP contribution in [0.15, 0.2) is 18.3 Å². The molecular formula is C11H12Cl2N2O3. The van der Waals surface area contributed by atoms with Crippen LogP contribution in [0.3, 0.4) is 0 Å². The van der Waals surface area contributed by atoms with E-state index in [9.17, 15) is 9.59 Å². The van der Waals surface area contributed by atoms with Crippen molar-refractivity contribution in [3.05, 3.63) is 23.9 Å². The topological polar surface area (TPSA) is 68.3 Å². The monoisotopic (exact) mass is 290 g/mol. The summed E-state index contributed by atoms with van der Waals surface area (Å²) in [7, 11) is 0. The van der Waals surface area contributed by atoms with Crippen LogP contribution in [0.1, 0.15) is 12.5 Å². The van der Waals surface area contributed by atoms with E-state index in [0.717, 1.165) is 5.56 Å². The fraction of sp³-hybridized carbons (Fsp3) is 0.364. The second kappa shape index (κ2) is 6.02. The Morgan fingerprint density at radius 3 is 2.72 bits per heavy atom.